The molecule has 0 aromatic heterocycles. The van der Waals surface area contributed by atoms with E-state index in [1.807, 2.05) is 42.5 Å². The molecule has 1 atom stereocenters. The summed E-state index contributed by atoms with van der Waals surface area (Å²) in [5.74, 6) is 0. The topological polar surface area (TPSA) is 35.6 Å². The van der Waals surface area contributed by atoms with Crippen LogP contribution in [0.25, 0.3) is 0 Å². The summed E-state index contributed by atoms with van der Waals surface area (Å²) in [6.07, 6.45) is 2.35. The number of hydrogen-bond donors (Lipinski definition) is 1. The summed E-state index contributed by atoms with van der Waals surface area (Å²) in [6, 6.07) is 14.1. The minimum Gasteiger partial charge on any atom is -0.336 e. The molecular weight excluding hydrogens is 366 g/mol. The Morgan fingerprint density at radius 1 is 1.23 bits per heavy atom. The lowest BCUT2D eigenvalue weighted by Gasteiger charge is -2.32. The number of urea groups is 1. The van der Waals surface area contributed by atoms with Crippen molar-refractivity contribution in [2.75, 3.05) is 24.5 Å². The first-order chi connectivity index (χ1) is 12.7. The average Bonchev–Trinajstić information content (AvgIpc) is 3.12. The van der Waals surface area contributed by atoms with Crippen molar-refractivity contribution in [3.8, 4) is 0 Å². The van der Waals surface area contributed by atoms with Gasteiger partial charge in [0.15, 0.2) is 0 Å². The van der Waals surface area contributed by atoms with Gasteiger partial charge < -0.3 is 5.32 Å². The second-order valence-electron chi connectivity index (χ2n) is 6.63. The Hall–Kier alpha value is -1.69. The SMILES string of the molecule is CCN1CCCC1CNC(=O)N1c2ccccc2Sc2ccc(Cl)cc21. The van der Waals surface area contributed by atoms with E-state index in [-0.39, 0.29) is 6.03 Å². The van der Waals surface area contributed by atoms with E-state index in [1.54, 1.807) is 16.7 Å². The number of nitrogens with zero attached hydrogens (tertiary/aromatic N) is 2. The van der Waals surface area contributed by atoms with Crippen molar-refractivity contribution in [3.63, 3.8) is 0 Å². The summed E-state index contributed by atoms with van der Waals surface area (Å²) in [4.78, 5) is 19.4. The highest BCUT2D eigenvalue weighted by atomic mass is 35.5. The molecule has 2 aliphatic heterocycles. The molecule has 26 heavy (non-hydrogen) atoms. The first-order valence-electron chi connectivity index (χ1n) is 9.06. The Morgan fingerprint density at radius 2 is 2.04 bits per heavy atom. The van der Waals surface area contributed by atoms with Gasteiger partial charge in [-0.25, -0.2) is 4.79 Å². The molecule has 2 aliphatic rings. The van der Waals surface area contributed by atoms with Gasteiger partial charge in [0.25, 0.3) is 0 Å². The van der Waals surface area contributed by atoms with Crippen LogP contribution in [0.15, 0.2) is 52.3 Å². The molecule has 0 saturated carbocycles. The van der Waals surface area contributed by atoms with E-state index in [0.29, 0.717) is 17.6 Å². The molecule has 4 nitrogen and oxygen atoms in total. The van der Waals surface area contributed by atoms with Crippen LogP contribution in [-0.4, -0.2) is 36.6 Å². The molecule has 136 valence electrons. The molecule has 4 rings (SSSR count). The third-order valence-corrected chi connectivity index (χ3v) is 6.45. The van der Waals surface area contributed by atoms with E-state index in [9.17, 15) is 4.79 Å². The fraction of sp³-hybridized carbons (Fsp3) is 0.350. The van der Waals surface area contributed by atoms with Gasteiger partial charge in [-0.2, -0.15) is 0 Å². The summed E-state index contributed by atoms with van der Waals surface area (Å²) in [6.45, 7) is 5.01. The number of amides is 2. The predicted octanol–water partition coefficient (Wildman–Crippen LogP) is 5.14. The summed E-state index contributed by atoms with van der Waals surface area (Å²) in [5.41, 5.74) is 1.75. The third-order valence-electron chi connectivity index (χ3n) is 5.09. The van der Waals surface area contributed by atoms with E-state index in [1.165, 1.54) is 6.42 Å². The van der Waals surface area contributed by atoms with Gasteiger partial charge >= 0.3 is 6.03 Å². The van der Waals surface area contributed by atoms with E-state index in [2.05, 4.69) is 17.1 Å². The summed E-state index contributed by atoms with van der Waals surface area (Å²) in [5, 5.41) is 3.79. The standard InChI is InChI=1S/C20H22ClN3OS/c1-2-23-11-5-6-15(23)13-22-20(25)24-16-7-3-4-8-18(16)26-19-10-9-14(21)12-17(19)24/h3-4,7-10,12,15H,2,5-6,11,13H2,1H3,(H,22,25). The maximum absolute atomic E-state index is 13.1. The van der Waals surface area contributed by atoms with Crippen molar-refractivity contribution in [2.24, 2.45) is 0 Å². The molecule has 2 heterocycles. The third kappa shape index (κ3) is 3.31. The normalized spacial score (nSPS) is 19.2. The number of carbonyl (C=O) groups excluding carboxylic acids is 1. The van der Waals surface area contributed by atoms with Crippen LogP contribution in [0.2, 0.25) is 5.02 Å². The number of para-hydroxylation sites is 1. The number of hydrogen-bond acceptors (Lipinski definition) is 3. The Bertz CT molecular complexity index is 828. The van der Waals surface area contributed by atoms with Gasteiger partial charge in [0, 0.05) is 27.4 Å². The van der Waals surface area contributed by atoms with Crippen molar-refractivity contribution in [2.45, 2.75) is 35.6 Å². The number of fused-ring (bicyclic) bond motifs is 2. The Kier molecular flexibility index (Phi) is 5.11. The van der Waals surface area contributed by atoms with Crippen LogP contribution in [0.1, 0.15) is 19.8 Å². The number of rotatable bonds is 3. The number of halogens is 1. The molecule has 0 bridgehead atoms. The van der Waals surface area contributed by atoms with Gasteiger partial charge in [-0.3, -0.25) is 9.80 Å². The van der Waals surface area contributed by atoms with Crippen LogP contribution in [0.3, 0.4) is 0 Å². The largest absolute Gasteiger partial charge is 0.336 e. The quantitative estimate of drug-likeness (QED) is 0.792. The lowest BCUT2D eigenvalue weighted by atomic mass is 10.2. The van der Waals surface area contributed by atoms with Crippen molar-refractivity contribution in [1.82, 2.24) is 10.2 Å². The highest BCUT2D eigenvalue weighted by molar-refractivity contribution is 7.99. The molecule has 1 N–H and O–H groups in total. The number of benzene rings is 2. The zero-order chi connectivity index (χ0) is 18.1. The van der Waals surface area contributed by atoms with Crippen molar-refractivity contribution in [1.29, 1.82) is 0 Å². The van der Waals surface area contributed by atoms with Gasteiger partial charge in [-0.15, -0.1) is 0 Å². The molecule has 0 spiro atoms. The molecule has 0 radical (unpaired) electrons. The van der Waals surface area contributed by atoms with E-state index in [4.69, 9.17) is 11.6 Å². The average molecular weight is 388 g/mol. The first kappa shape index (κ1) is 17.7. The Labute approximate surface area is 163 Å². The molecule has 0 aliphatic carbocycles. The molecule has 2 aromatic rings. The lowest BCUT2D eigenvalue weighted by molar-refractivity contribution is 0.235. The van der Waals surface area contributed by atoms with E-state index < -0.39 is 0 Å². The van der Waals surface area contributed by atoms with Crippen LogP contribution in [0, 0.1) is 0 Å². The Morgan fingerprint density at radius 3 is 2.88 bits per heavy atom. The number of likely N-dealkylation sites (N-methyl/N-ethyl adjacent to an activating group) is 1. The maximum Gasteiger partial charge on any atom is 0.326 e. The second kappa shape index (κ2) is 7.51. The zero-order valence-corrected chi connectivity index (χ0v) is 16.3. The number of carbonyl (C=O) groups is 1. The van der Waals surface area contributed by atoms with Gasteiger partial charge in [0.2, 0.25) is 0 Å². The van der Waals surface area contributed by atoms with E-state index in [0.717, 1.165) is 40.7 Å². The number of likely N-dealkylation sites (tertiary alicyclic amines) is 1. The molecule has 1 saturated heterocycles. The fourth-order valence-electron chi connectivity index (χ4n) is 3.77. The number of anilines is 2. The maximum atomic E-state index is 13.1. The highest BCUT2D eigenvalue weighted by Gasteiger charge is 2.30. The van der Waals surface area contributed by atoms with Crippen molar-refractivity contribution in [3.05, 3.63) is 47.5 Å². The van der Waals surface area contributed by atoms with Gasteiger partial charge in [0.1, 0.15) is 0 Å². The lowest BCUT2D eigenvalue weighted by Crippen LogP contribution is -2.45. The second-order valence-corrected chi connectivity index (χ2v) is 8.15. The molecule has 2 aromatic carbocycles. The van der Waals surface area contributed by atoms with Crippen LogP contribution in [0.4, 0.5) is 16.2 Å². The predicted molar refractivity (Wildman–Crippen MR) is 108 cm³/mol. The monoisotopic (exact) mass is 387 g/mol. The van der Waals surface area contributed by atoms with Crippen LogP contribution in [0.5, 0.6) is 0 Å². The molecule has 1 fully saturated rings. The Balaban J connectivity index is 1.60. The molecule has 1 unspecified atom stereocenters. The van der Waals surface area contributed by atoms with Crippen LogP contribution >= 0.6 is 23.4 Å². The zero-order valence-electron chi connectivity index (χ0n) is 14.7. The fourth-order valence-corrected chi connectivity index (χ4v) is 4.98. The minimum atomic E-state index is -0.0933. The minimum absolute atomic E-state index is 0.0933. The first-order valence-corrected chi connectivity index (χ1v) is 10.2. The smallest absolute Gasteiger partial charge is 0.326 e. The molecule has 2 amide bonds. The number of nitrogens with one attached hydrogen (secondary N) is 1. The summed E-state index contributed by atoms with van der Waals surface area (Å²) >= 11 is 7.89. The van der Waals surface area contributed by atoms with Crippen LogP contribution < -0.4 is 10.2 Å². The van der Waals surface area contributed by atoms with E-state index >= 15 is 0 Å². The summed E-state index contributed by atoms with van der Waals surface area (Å²) < 4.78 is 0. The molecule has 6 heteroatoms. The van der Waals surface area contributed by atoms with Gasteiger partial charge in [-0.1, -0.05) is 42.4 Å². The van der Waals surface area contributed by atoms with Crippen LogP contribution in [-0.2, 0) is 0 Å². The molecular formula is C20H22ClN3OS. The summed E-state index contributed by atoms with van der Waals surface area (Å²) in [7, 11) is 0. The highest BCUT2D eigenvalue weighted by Crippen LogP contribution is 2.48. The van der Waals surface area contributed by atoms with Gasteiger partial charge in [-0.05, 0) is 56.3 Å². The van der Waals surface area contributed by atoms with Crippen molar-refractivity contribution >= 4 is 40.8 Å². The van der Waals surface area contributed by atoms with Gasteiger partial charge in [0.05, 0.1) is 11.4 Å². The van der Waals surface area contributed by atoms with Crippen molar-refractivity contribution < 1.29 is 4.79 Å².